The van der Waals surface area contributed by atoms with Crippen molar-refractivity contribution in [1.82, 2.24) is 10.3 Å². The van der Waals surface area contributed by atoms with Crippen LogP contribution in [0.2, 0.25) is 0 Å². The van der Waals surface area contributed by atoms with Gasteiger partial charge in [0.15, 0.2) is 5.78 Å². The van der Waals surface area contributed by atoms with E-state index in [0.29, 0.717) is 18.4 Å². The molecule has 1 heterocycles. The summed E-state index contributed by atoms with van der Waals surface area (Å²) >= 11 is 0. The number of pyridine rings is 1. The number of carbonyl (C=O) groups is 2. The molecule has 0 aliphatic rings. The maximum absolute atomic E-state index is 12.2. The van der Waals surface area contributed by atoms with E-state index in [9.17, 15) is 9.59 Å². The molecule has 1 amide bonds. The first-order valence-corrected chi connectivity index (χ1v) is 7.62. The summed E-state index contributed by atoms with van der Waals surface area (Å²) in [5.74, 6) is -0.221. The zero-order valence-electron chi connectivity index (χ0n) is 13.1. The Hall–Kier alpha value is -2.53. The number of nitrogens with one attached hydrogen (secondary N) is 1. The van der Waals surface area contributed by atoms with Crippen LogP contribution in [0.3, 0.4) is 0 Å². The number of aromatic nitrogens is 1. The van der Waals surface area contributed by atoms with Crippen molar-refractivity contribution in [2.45, 2.75) is 31.8 Å². The van der Waals surface area contributed by atoms with E-state index in [1.54, 1.807) is 31.5 Å². The molecule has 0 bridgehead atoms. The highest BCUT2D eigenvalue weighted by Crippen LogP contribution is 2.19. The number of Topliss-reactive ketones (excluding diaryl/α,β-unsaturated/α-hetero) is 1. The summed E-state index contributed by atoms with van der Waals surface area (Å²) < 4.78 is 0. The largest absolute Gasteiger partial charge is 0.348 e. The maximum Gasteiger partial charge on any atom is 0.237 e. The van der Waals surface area contributed by atoms with Gasteiger partial charge in [0.2, 0.25) is 5.91 Å². The molecular formula is C18H21N3O2. The summed E-state index contributed by atoms with van der Waals surface area (Å²) in [6.07, 6.45) is 4.02. The van der Waals surface area contributed by atoms with Crippen LogP contribution in [0, 0.1) is 0 Å². The molecule has 2 rings (SSSR count). The first-order valence-electron chi connectivity index (χ1n) is 7.62. The first kappa shape index (κ1) is 16.8. The number of rotatable bonds is 7. The molecule has 2 atom stereocenters. The molecule has 120 valence electrons. The standard InChI is InChI=1S/C18H21N3O2/c1-13(19)18(23)21-16(14-6-3-2-4-7-14)9-10-17(22)15-8-5-11-20-12-15/h2-8,11-13,16H,9-10,19H2,1H3,(H,21,23)/t13-,16-/m1/s1. The summed E-state index contributed by atoms with van der Waals surface area (Å²) in [7, 11) is 0. The van der Waals surface area contributed by atoms with E-state index >= 15 is 0 Å². The molecule has 5 nitrogen and oxygen atoms in total. The molecule has 1 aromatic carbocycles. The lowest BCUT2D eigenvalue weighted by molar-refractivity contribution is -0.122. The highest BCUT2D eigenvalue weighted by atomic mass is 16.2. The van der Waals surface area contributed by atoms with Crippen molar-refractivity contribution in [3.8, 4) is 0 Å². The van der Waals surface area contributed by atoms with Crippen molar-refractivity contribution < 1.29 is 9.59 Å². The summed E-state index contributed by atoms with van der Waals surface area (Å²) in [6, 6.07) is 12.2. The van der Waals surface area contributed by atoms with Crippen molar-refractivity contribution in [2.75, 3.05) is 0 Å². The van der Waals surface area contributed by atoms with Crippen LogP contribution in [0.4, 0.5) is 0 Å². The van der Waals surface area contributed by atoms with Crippen LogP contribution >= 0.6 is 0 Å². The quantitative estimate of drug-likeness (QED) is 0.768. The van der Waals surface area contributed by atoms with Crippen molar-refractivity contribution in [2.24, 2.45) is 5.73 Å². The fourth-order valence-corrected chi connectivity index (χ4v) is 2.26. The van der Waals surface area contributed by atoms with Gasteiger partial charge in [0.05, 0.1) is 12.1 Å². The van der Waals surface area contributed by atoms with Crippen LogP contribution < -0.4 is 11.1 Å². The van der Waals surface area contributed by atoms with E-state index in [-0.39, 0.29) is 17.7 Å². The highest BCUT2D eigenvalue weighted by molar-refractivity contribution is 5.95. The normalized spacial score (nSPS) is 13.1. The second kappa shape index (κ2) is 8.19. The molecule has 5 heteroatoms. The Morgan fingerprint density at radius 1 is 1.17 bits per heavy atom. The number of hydrogen-bond donors (Lipinski definition) is 2. The lowest BCUT2D eigenvalue weighted by Gasteiger charge is -2.20. The average molecular weight is 311 g/mol. The molecule has 23 heavy (non-hydrogen) atoms. The molecular weight excluding hydrogens is 290 g/mol. The fourth-order valence-electron chi connectivity index (χ4n) is 2.26. The van der Waals surface area contributed by atoms with Crippen LogP contribution in [0.1, 0.15) is 41.7 Å². The molecule has 0 aliphatic heterocycles. The lowest BCUT2D eigenvalue weighted by atomic mass is 9.98. The molecule has 0 radical (unpaired) electrons. The SMILES string of the molecule is C[C@@H](N)C(=O)N[C@H](CCC(=O)c1cccnc1)c1ccccc1. The van der Waals surface area contributed by atoms with Crippen LogP contribution in [0.15, 0.2) is 54.9 Å². The van der Waals surface area contributed by atoms with Gasteiger partial charge in [-0.2, -0.15) is 0 Å². The predicted octanol–water partition coefficient (Wildman–Crippen LogP) is 2.25. The van der Waals surface area contributed by atoms with E-state index in [0.717, 1.165) is 5.56 Å². The van der Waals surface area contributed by atoms with Gasteiger partial charge in [-0.05, 0) is 31.0 Å². The molecule has 0 aliphatic carbocycles. The second-order valence-electron chi connectivity index (χ2n) is 5.46. The van der Waals surface area contributed by atoms with Gasteiger partial charge >= 0.3 is 0 Å². The minimum Gasteiger partial charge on any atom is -0.348 e. The minimum absolute atomic E-state index is 0.00840. The van der Waals surface area contributed by atoms with Crippen LogP contribution in [-0.4, -0.2) is 22.7 Å². The molecule has 3 N–H and O–H groups in total. The van der Waals surface area contributed by atoms with Crippen LogP contribution in [-0.2, 0) is 4.79 Å². The van der Waals surface area contributed by atoms with Gasteiger partial charge in [-0.15, -0.1) is 0 Å². The van der Waals surface area contributed by atoms with Gasteiger partial charge in [-0.25, -0.2) is 0 Å². The van der Waals surface area contributed by atoms with E-state index in [2.05, 4.69) is 10.3 Å². The Balaban J connectivity index is 2.06. The third-order valence-corrected chi connectivity index (χ3v) is 3.58. The Kier molecular flexibility index (Phi) is 6.00. The van der Waals surface area contributed by atoms with E-state index in [1.165, 1.54) is 0 Å². The number of benzene rings is 1. The van der Waals surface area contributed by atoms with Crippen LogP contribution in [0.5, 0.6) is 0 Å². The van der Waals surface area contributed by atoms with Crippen molar-refractivity contribution in [3.05, 3.63) is 66.0 Å². The Morgan fingerprint density at radius 3 is 2.52 bits per heavy atom. The number of ketones is 1. The Labute approximate surface area is 135 Å². The molecule has 0 fully saturated rings. The van der Waals surface area contributed by atoms with Crippen molar-refractivity contribution in [3.63, 3.8) is 0 Å². The van der Waals surface area contributed by atoms with E-state index < -0.39 is 6.04 Å². The maximum atomic E-state index is 12.2. The van der Waals surface area contributed by atoms with Crippen LogP contribution in [0.25, 0.3) is 0 Å². The van der Waals surface area contributed by atoms with Gasteiger partial charge in [-0.3, -0.25) is 14.6 Å². The molecule has 0 saturated heterocycles. The number of carbonyl (C=O) groups excluding carboxylic acids is 2. The fraction of sp³-hybridized carbons (Fsp3) is 0.278. The zero-order chi connectivity index (χ0) is 16.7. The van der Waals surface area contributed by atoms with Gasteiger partial charge in [0, 0.05) is 24.4 Å². The van der Waals surface area contributed by atoms with E-state index in [4.69, 9.17) is 5.73 Å². The highest BCUT2D eigenvalue weighted by Gasteiger charge is 2.18. The monoisotopic (exact) mass is 311 g/mol. The molecule has 0 spiro atoms. The van der Waals surface area contributed by atoms with Gasteiger partial charge in [0.25, 0.3) is 0 Å². The lowest BCUT2D eigenvalue weighted by Crippen LogP contribution is -2.40. The molecule has 0 unspecified atom stereocenters. The number of amides is 1. The zero-order valence-corrected chi connectivity index (χ0v) is 13.1. The first-order chi connectivity index (χ1) is 11.1. The third kappa shape index (κ3) is 5.00. The summed E-state index contributed by atoms with van der Waals surface area (Å²) in [4.78, 5) is 28.1. The number of hydrogen-bond acceptors (Lipinski definition) is 4. The smallest absolute Gasteiger partial charge is 0.237 e. The minimum atomic E-state index is -0.588. The van der Waals surface area contributed by atoms with Gasteiger partial charge in [-0.1, -0.05) is 30.3 Å². The molecule has 2 aromatic rings. The number of nitrogens with zero attached hydrogens (tertiary/aromatic N) is 1. The summed E-state index contributed by atoms with van der Waals surface area (Å²) in [6.45, 7) is 1.64. The number of nitrogens with two attached hydrogens (primary N) is 1. The average Bonchev–Trinajstić information content (AvgIpc) is 2.59. The van der Waals surface area contributed by atoms with Crippen molar-refractivity contribution in [1.29, 1.82) is 0 Å². The third-order valence-electron chi connectivity index (χ3n) is 3.58. The Morgan fingerprint density at radius 2 is 1.91 bits per heavy atom. The molecule has 1 aromatic heterocycles. The Bertz CT molecular complexity index is 642. The second-order valence-corrected chi connectivity index (χ2v) is 5.46. The predicted molar refractivity (Wildman–Crippen MR) is 88.8 cm³/mol. The van der Waals surface area contributed by atoms with Gasteiger partial charge < -0.3 is 11.1 Å². The molecule has 0 saturated carbocycles. The van der Waals surface area contributed by atoms with Gasteiger partial charge in [0.1, 0.15) is 0 Å². The topological polar surface area (TPSA) is 85.1 Å². The summed E-state index contributed by atoms with van der Waals surface area (Å²) in [5, 5.41) is 2.91. The summed E-state index contributed by atoms with van der Waals surface area (Å²) in [5.41, 5.74) is 7.16. The van der Waals surface area contributed by atoms with E-state index in [1.807, 2.05) is 30.3 Å². The van der Waals surface area contributed by atoms with Crippen molar-refractivity contribution >= 4 is 11.7 Å².